The molecule has 0 bridgehead atoms. The summed E-state index contributed by atoms with van der Waals surface area (Å²) in [7, 11) is 0. The van der Waals surface area contributed by atoms with Gasteiger partial charge in [0.25, 0.3) is 0 Å². The van der Waals surface area contributed by atoms with E-state index >= 15 is 0 Å². The van der Waals surface area contributed by atoms with E-state index in [2.05, 4.69) is 12.2 Å². The number of rotatable bonds is 5. The molecule has 2 aliphatic carbocycles. The molecule has 4 atom stereocenters. The van der Waals surface area contributed by atoms with Gasteiger partial charge in [0.15, 0.2) is 0 Å². The molecule has 4 heteroatoms. The fraction of sp³-hybridized carbons (Fsp3) is 0.938. The molecular formula is C16H31ClN2O. The predicted molar refractivity (Wildman–Crippen MR) is 85.9 cm³/mol. The average molecular weight is 303 g/mol. The second-order valence-electron chi connectivity index (χ2n) is 6.63. The van der Waals surface area contributed by atoms with Crippen molar-refractivity contribution in [3.8, 4) is 0 Å². The van der Waals surface area contributed by atoms with Gasteiger partial charge in [-0.1, -0.05) is 39.0 Å². The minimum atomic E-state index is 0. The monoisotopic (exact) mass is 302 g/mol. The molecule has 2 fully saturated rings. The van der Waals surface area contributed by atoms with Crippen LogP contribution in [0.25, 0.3) is 0 Å². The molecule has 0 aliphatic heterocycles. The first-order valence-corrected chi connectivity index (χ1v) is 8.20. The van der Waals surface area contributed by atoms with E-state index in [0.717, 1.165) is 37.6 Å². The molecule has 0 aromatic heterocycles. The summed E-state index contributed by atoms with van der Waals surface area (Å²) in [6.07, 6.45) is 9.99. The van der Waals surface area contributed by atoms with E-state index in [1.807, 2.05) is 0 Å². The summed E-state index contributed by atoms with van der Waals surface area (Å²) in [6.45, 7) is 3.90. The van der Waals surface area contributed by atoms with Gasteiger partial charge < -0.3 is 11.1 Å². The maximum absolute atomic E-state index is 12.2. The lowest BCUT2D eigenvalue weighted by molar-refractivity contribution is -0.126. The van der Waals surface area contributed by atoms with Crippen LogP contribution in [0, 0.1) is 23.7 Å². The third-order valence-electron chi connectivity index (χ3n) is 5.40. The summed E-state index contributed by atoms with van der Waals surface area (Å²) >= 11 is 0. The molecule has 0 radical (unpaired) electrons. The Labute approximate surface area is 129 Å². The molecule has 2 aliphatic rings. The Hall–Kier alpha value is -0.280. The Kier molecular flexibility index (Phi) is 7.90. The lowest BCUT2D eigenvalue weighted by atomic mass is 9.78. The van der Waals surface area contributed by atoms with E-state index < -0.39 is 0 Å². The van der Waals surface area contributed by atoms with Gasteiger partial charge >= 0.3 is 0 Å². The van der Waals surface area contributed by atoms with Crippen LogP contribution >= 0.6 is 12.4 Å². The van der Waals surface area contributed by atoms with Crippen molar-refractivity contribution in [2.75, 3.05) is 13.1 Å². The number of hydrogen-bond donors (Lipinski definition) is 2. The highest BCUT2D eigenvalue weighted by atomic mass is 35.5. The highest BCUT2D eigenvalue weighted by Crippen LogP contribution is 2.32. The smallest absolute Gasteiger partial charge is 0.223 e. The Morgan fingerprint density at radius 2 is 1.80 bits per heavy atom. The van der Waals surface area contributed by atoms with Crippen molar-refractivity contribution in [1.29, 1.82) is 0 Å². The van der Waals surface area contributed by atoms with Crippen LogP contribution < -0.4 is 11.1 Å². The molecule has 20 heavy (non-hydrogen) atoms. The van der Waals surface area contributed by atoms with E-state index in [9.17, 15) is 4.79 Å². The minimum Gasteiger partial charge on any atom is -0.356 e. The first-order valence-electron chi connectivity index (χ1n) is 8.20. The van der Waals surface area contributed by atoms with Crippen molar-refractivity contribution in [1.82, 2.24) is 5.32 Å². The highest BCUT2D eigenvalue weighted by Gasteiger charge is 2.31. The summed E-state index contributed by atoms with van der Waals surface area (Å²) in [4.78, 5) is 12.2. The minimum absolute atomic E-state index is 0. The summed E-state index contributed by atoms with van der Waals surface area (Å²) in [6, 6.07) is 0. The van der Waals surface area contributed by atoms with Gasteiger partial charge in [-0.05, 0) is 43.6 Å². The largest absolute Gasteiger partial charge is 0.356 e. The summed E-state index contributed by atoms with van der Waals surface area (Å²) < 4.78 is 0. The van der Waals surface area contributed by atoms with E-state index in [1.165, 1.54) is 32.1 Å². The van der Waals surface area contributed by atoms with Crippen LogP contribution in [0.1, 0.15) is 58.3 Å². The first kappa shape index (κ1) is 17.8. The zero-order valence-corrected chi connectivity index (χ0v) is 13.6. The predicted octanol–water partition coefficient (Wildman–Crippen LogP) is 3.12. The van der Waals surface area contributed by atoms with Crippen molar-refractivity contribution in [3.05, 3.63) is 0 Å². The maximum Gasteiger partial charge on any atom is 0.223 e. The Morgan fingerprint density at radius 3 is 2.50 bits per heavy atom. The lowest BCUT2D eigenvalue weighted by Gasteiger charge is -2.29. The number of halogens is 1. The molecule has 2 rings (SSSR count). The van der Waals surface area contributed by atoms with Crippen LogP contribution in [0.15, 0.2) is 0 Å². The topological polar surface area (TPSA) is 55.1 Å². The Bertz CT molecular complexity index is 298. The van der Waals surface area contributed by atoms with E-state index in [-0.39, 0.29) is 24.2 Å². The molecule has 0 spiro atoms. The SMILES string of the molecule is CC1CCCCC1CCNC(=O)[C@@H]1CCC[C@@H]1CN.Cl. The van der Waals surface area contributed by atoms with Gasteiger partial charge in [0, 0.05) is 12.5 Å². The summed E-state index contributed by atoms with van der Waals surface area (Å²) in [5.74, 6) is 2.54. The number of carbonyl (C=O) groups excluding carboxylic acids is 1. The fourth-order valence-corrected chi connectivity index (χ4v) is 4.00. The van der Waals surface area contributed by atoms with Crippen LogP contribution in [0.5, 0.6) is 0 Å². The summed E-state index contributed by atoms with van der Waals surface area (Å²) in [5, 5.41) is 3.16. The first-order chi connectivity index (χ1) is 9.22. The van der Waals surface area contributed by atoms with E-state index in [4.69, 9.17) is 5.73 Å². The normalized spacial score (nSPS) is 33.5. The van der Waals surface area contributed by atoms with Crippen molar-refractivity contribution in [2.24, 2.45) is 29.4 Å². The quantitative estimate of drug-likeness (QED) is 0.820. The van der Waals surface area contributed by atoms with Crippen LogP contribution in [0.4, 0.5) is 0 Å². The second kappa shape index (κ2) is 8.89. The molecule has 0 heterocycles. The van der Waals surface area contributed by atoms with Gasteiger partial charge in [0.2, 0.25) is 5.91 Å². The average Bonchev–Trinajstić information content (AvgIpc) is 2.89. The highest BCUT2D eigenvalue weighted by molar-refractivity contribution is 5.85. The van der Waals surface area contributed by atoms with Gasteiger partial charge in [-0.25, -0.2) is 0 Å². The summed E-state index contributed by atoms with van der Waals surface area (Å²) in [5.41, 5.74) is 5.75. The molecule has 0 aromatic carbocycles. The molecule has 0 saturated heterocycles. The molecule has 2 saturated carbocycles. The Balaban J connectivity index is 0.00000200. The van der Waals surface area contributed by atoms with E-state index in [1.54, 1.807) is 0 Å². The zero-order valence-electron chi connectivity index (χ0n) is 12.8. The molecule has 3 nitrogen and oxygen atoms in total. The molecular weight excluding hydrogens is 272 g/mol. The van der Waals surface area contributed by atoms with Gasteiger partial charge in [-0.2, -0.15) is 0 Å². The van der Waals surface area contributed by atoms with Gasteiger partial charge in [0.05, 0.1) is 0 Å². The van der Waals surface area contributed by atoms with Crippen molar-refractivity contribution >= 4 is 18.3 Å². The van der Waals surface area contributed by atoms with Crippen molar-refractivity contribution in [2.45, 2.75) is 58.3 Å². The van der Waals surface area contributed by atoms with Crippen LogP contribution in [0.3, 0.4) is 0 Å². The van der Waals surface area contributed by atoms with Gasteiger partial charge in [-0.15, -0.1) is 12.4 Å². The van der Waals surface area contributed by atoms with Crippen LogP contribution in [-0.2, 0) is 4.79 Å². The third kappa shape index (κ3) is 4.63. The number of nitrogens with one attached hydrogen (secondary N) is 1. The van der Waals surface area contributed by atoms with Crippen LogP contribution in [-0.4, -0.2) is 19.0 Å². The lowest BCUT2D eigenvalue weighted by Crippen LogP contribution is -2.36. The Morgan fingerprint density at radius 1 is 1.10 bits per heavy atom. The standard InChI is InChI=1S/C16H30N2O.ClH/c1-12-5-2-3-6-13(12)9-10-18-16(19)15-8-4-7-14(15)11-17;/h12-15H,2-11,17H2,1H3,(H,18,19);1H/t12?,13?,14-,15-;/m1./s1. The number of hydrogen-bond acceptors (Lipinski definition) is 2. The second-order valence-corrected chi connectivity index (χ2v) is 6.63. The van der Waals surface area contributed by atoms with Crippen molar-refractivity contribution in [3.63, 3.8) is 0 Å². The molecule has 3 N–H and O–H groups in total. The maximum atomic E-state index is 12.2. The van der Waals surface area contributed by atoms with Crippen LogP contribution in [0.2, 0.25) is 0 Å². The van der Waals surface area contributed by atoms with Crippen molar-refractivity contribution < 1.29 is 4.79 Å². The third-order valence-corrected chi connectivity index (χ3v) is 5.40. The zero-order chi connectivity index (χ0) is 13.7. The fourth-order valence-electron chi connectivity index (χ4n) is 4.00. The molecule has 0 aromatic rings. The van der Waals surface area contributed by atoms with Gasteiger partial charge in [-0.3, -0.25) is 4.79 Å². The van der Waals surface area contributed by atoms with E-state index in [0.29, 0.717) is 12.5 Å². The number of amides is 1. The number of nitrogens with two attached hydrogens (primary N) is 1. The molecule has 2 unspecified atom stereocenters. The number of carbonyl (C=O) groups is 1. The molecule has 1 amide bonds. The molecule has 118 valence electrons. The van der Waals surface area contributed by atoms with Gasteiger partial charge in [0.1, 0.15) is 0 Å².